The van der Waals surface area contributed by atoms with Gasteiger partial charge in [-0.15, -0.1) is 0 Å². The number of ketones is 1. The predicted octanol–water partition coefficient (Wildman–Crippen LogP) is 2.91. The van der Waals surface area contributed by atoms with Gasteiger partial charge in [0.1, 0.15) is 11.4 Å². The second-order valence-electron chi connectivity index (χ2n) is 6.91. The van der Waals surface area contributed by atoms with E-state index in [1.807, 2.05) is 20.8 Å². The molecule has 1 fully saturated rings. The first-order valence-corrected chi connectivity index (χ1v) is 6.59. The smallest absolute Gasteiger partial charge is 0.407 e. The van der Waals surface area contributed by atoms with Crippen LogP contribution >= 0.6 is 0 Å². The topological polar surface area (TPSA) is 55.4 Å². The molecule has 1 amide bonds. The first kappa shape index (κ1) is 15.0. The maximum Gasteiger partial charge on any atom is 0.407 e. The van der Waals surface area contributed by atoms with Crippen molar-refractivity contribution >= 4 is 11.9 Å². The molecule has 0 bridgehead atoms. The van der Waals surface area contributed by atoms with E-state index >= 15 is 0 Å². The second kappa shape index (κ2) is 5.29. The maximum absolute atomic E-state index is 11.8. The van der Waals surface area contributed by atoms with Gasteiger partial charge >= 0.3 is 6.09 Å². The normalized spacial score (nSPS) is 23.6. The Balaban J connectivity index is 2.42. The number of hydrogen-bond acceptors (Lipinski definition) is 3. The Bertz CT molecular complexity index is 328. The number of Topliss-reactive ketones (excluding diaryl/α,β-unsaturated/α-hetero) is 1. The summed E-state index contributed by atoms with van der Waals surface area (Å²) >= 11 is 0. The molecule has 1 aliphatic rings. The Kier molecular flexibility index (Phi) is 4.41. The summed E-state index contributed by atoms with van der Waals surface area (Å²) in [6.07, 6.45) is 1.95. The highest BCUT2D eigenvalue weighted by atomic mass is 16.6. The van der Waals surface area contributed by atoms with Gasteiger partial charge in [0.25, 0.3) is 0 Å². The number of rotatable bonds is 2. The van der Waals surface area contributed by atoms with Gasteiger partial charge in [-0.25, -0.2) is 4.79 Å². The highest BCUT2D eigenvalue weighted by Gasteiger charge is 2.33. The largest absolute Gasteiger partial charge is 0.444 e. The number of amides is 1. The zero-order chi connectivity index (χ0) is 14.0. The first-order valence-electron chi connectivity index (χ1n) is 6.59. The summed E-state index contributed by atoms with van der Waals surface area (Å²) in [6.45, 7) is 10.2. The van der Waals surface area contributed by atoms with Crippen molar-refractivity contribution in [3.05, 3.63) is 0 Å². The lowest BCUT2D eigenvalue weighted by Gasteiger charge is -2.34. The van der Waals surface area contributed by atoms with Gasteiger partial charge in [0.05, 0.1) is 0 Å². The fraction of sp³-hybridized carbons (Fsp3) is 0.857. The lowest BCUT2D eigenvalue weighted by Crippen LogP contribution is -2.40. The fourth-order valence-corrected chi connectivity index (χ4v) is 2.26. The summed E-state index contributed by atoms with van der Waals surface area (Å²) < 4.78 is 5.15. The van der Waals surface area contributed by atoms with Crippen LogP contribution in [0.25, 0.3) is 0 Å². The van der Waals surface area contributed by atoms with E-state index in [0.717, 1.165) is 12.8 Å². The molecule has 1 unspecified atom stereocenters. The molecule has 1 saturated carbocycles. The number of alkyl carbamates (subject to hydrolysis) is 1. The number of hydrogen-bond donors (Lipinski definition) is 1. The van der Waals surface area contributed by atoms with Gasteiger partial charge in [-0.3, -0.25) is 4.79 Å². The third-order valence-corrected chi connectivity index (χ3v) is 3.19. The zero-order valence-electron chi connectivity index (χ0n) is 12.1. The molecule has 0 aliphatic heterocycles. The van der Waals surface area contributed by atoms with E-state index < -0.39 is 11.7 Å². The number of nitrogens with one attached hydrogen (secondary N) is 1. The van der Waals surface area contributed by atoms with Crippen LogP contribution < -0.4 is 5.32 Å². The van der Waals surface area contributed by atoms with Crippen LogP contribution in [-0.2, 0) is 9.53 Å². The number of carbonyl (C=O) groups excluding carboxylic acids is 2. The molecule has 0 aromatic rings. The molecule has 104 valence electrons. The average Bonchev–Trinajstić information content (AvgIpc) is 2.17. The predicted molar refractivity (Wildman–Crippen MR) is 70.4 cm³/mol. The Morgan fingerprint density at radius 3 is 2.61 bits per heavy atom. The molecule has 4 heteroatoms. The molecule has 1 N–H and O–H groups in total. The van der Waals surface area contributed by atoms with E-state index in [1.54, 1.807) is 0 Å². The Morgan fingerprint density at radius 2 is 2.06 bits per heavy atom. The lowest BCUT2D eigenvalue weighted by atomic mass is 9.71. The van der Waals surface area contributed by atoms with Crippen molar-refractivity contribution in [3.63, 3.8) is 0 Å². The quantitative estimate of drug-likeness (QED) is 0.825. The molecule has 0 aromatic heterocycles. The minimum Gasteiger partial charge on any atom is -0.444 e. The van der Waals surface area contributed by atoms with E-state index in [9.17, 15) is 9.59 Å². The summed E-state index contributed by atoms with van der Waals surface area (Å²) in [5.74, 6) is 0.187. The minimum absolute atomic E-state index is 0.0683. The third kappa shape index (κ3) is 5.07. The minimum atomic E-state index is -0.500. The van der Waals surface area contributed by atoms with E-state index in [4.69, 9.17) is 4.74 Å². The van der Waals surface area contributed by atoms with Crippen molar-refractivity contribution in [1.29, 1.82) is 0 Å². The Labute approximate surface area is 109 Å². The lowest BCUT2D eigenvalue weighted by molar-refractivity contribution is -0.126. The van der Waals surface area contributed by atoms with Crippen LogP contribution in [0.15, 0.2) is 0 Å². The van der Waals surface area contributed by atoms with Crippen LogP contribution in [0.1, 0.15) is 53.9 Å². The summed E-state index contributed by atoms with van der Waals surface area (Å²) in [5, 5.41) is 2.70. The summed E-state index contributed by atoms with van der Waals surface area (Å²) in [7, 11) is 0. The average molecular weight is 255 g/mol. The van der Waals surface area contributed by atoms with E-state index in [2.05, 4.69) is 19.2 Å². The van der Waals surface area contributed by atoms with Crippen LogP contribution in [-0.4, -0.2) is 24.0 Å². The van der Waals surface area contributed by atoms with Gasteiger partial charge in [-0.2, -0.15) is 0 Å². The van der Waals surface area contributed by atoms with Crippen LogP contribution in [0.2, 0.25) is 0 Å². The Hall–Kier alpha value is -1.06. The monoisotopic (exact) mass is 255 g/mol. The first-order chi connectivity index (χ1) is 8.09. The van der Waals surface area contributed by atoms with Crippen LogP contribution in [0.3, 0.4) is 0 Å². The van der Waals surface area contributed by atoms with Gasteiger partial charge in [0.15, 0.2) is 0 Å². The van der Waals surface area contributed by atoms with E-state index in [1.165, 1.54) is 0 Å². The van der Waals surface area contributed by atoms with Crippen LogP contribution in [0.4, 0.5) is 4.79 Å². The maximum atomic E-state index is 11.8. The summed E-state index contributed by atoms with van der Waals surface area (Å²) in [5.41, 5.74) is -0.311. The summed E-state index contributed by atoms with van der Waals surface area (Å²) in [6, 6.07) is 0. The van der Waals surface area contributed by atoms with Crippen molar-refractivity contribution in [2.75, 3.05) is 6.54 Å². The van der Waals surface area contributed by atoms with E-state index in [-0.39, 0.29) is 17.1 Å². The van der Waals surface area contributed by atoms with Gasteiger partial charge in [-0.05, 0) is 39.0 Å². The van der Waals surface area contributed by atoms with Crippen molar-refractivity contribution in [2.45, 2.75) is 59.5 Å². The number of carbonyl (C=O) groups is 2. The molecule has 18 heavy (non-hydrogen) atoms. The molecule has 0 aromatic carbocycles. The van der Waals surface area contributed by atoms with Crippen LogP contribution in [0, 0.1) is 11.3 Å². The Morgan fingerprint density at radius 1 is 1.44 bits per heavy atom. The number of ether oxygens (including phenoxy) is 1. The second-order valence-corrected chi connectivity index (χ2v) is 6.91. The fourth-order valence-electron chi connectivity index (χ4n) is 2.26. The van der Waals surface area contributed by atoms with Gasteiger partial charge in [0.2, 0.25) is 0 Å². The molecule has 1 rings (SSSR count). The zero-order valence-corrected chi connectivity index (χ0v) is 12.1. The third-order valence-electron chi connectivity index (χ3n) is 3.19. The SMILES string of the molecule is CC1(C)CCC(=O)C(CNC(=O)OC(C)(C)C)C1. The molecule has 0 saturated heterocycles. The molecule has 1 atom stereocenters. The molecule has 0 heterocycles. The van der Waals surface area contributed by atoms with Crippen LogP contribution in [0.5, 0.6) is 0 Å². The highest BCUT2D eigenvalue weighted by molar-refractivity contribution is 5.82. The standard InChI is InChI=1S/C14H25NO3/c1-13(2,3)18-12(17)15-9-10-8-14(4,5)7-6-11(10)16/h10H,6-9H2,1-5H3,(H,15,17). The molecule has 4 nitrogen and oxygen atoms in total. The molecular formula is C14H25NO3. The molecule has 1 aliphatic carbocycles. The van der Waals surface area contributed by atoms with Gasteiger partial charge in [-0.1, -0.05) is 13.8 Å². The summed E-state index contributed by atoms with van der Waals surface area (Å²) in [4.78, 5) is 23.3. The molecule has 0 radical (unpaired) electrons. The van der Waals surface area contributed by atoms with Crippen molar-refractivity contribution < 1.29 is 14.3 Å². The van der Waals surface area contributed by atoms with Gasteiger partial charge in [0, 0.05) is 18.9 Å². The molecular weight excluding hydrogens is 230 g/mol. The molecule has 0 spiro atoms. The van der Waals surface area contributed by atoms with Crippen molar-refractivity contribution in [3.8, 4) is 0 Å². The van der Waals surface area contributed by atoms with E-state index in [0.29, 0.717) is 13.0 Å². The van der Waals surface area contributed by atoms with Crippen molar-refractivity contribution in [2.24, 2.45) is 11.3 Å². The van der Waals surface area contributed by atoms with Crippen molar-refractivity contribution in [1.82, 2.24) is 5.32 Å². The van der Waals surface area contributed by atoms with Gasteiger partial charge < -0.3 is 10.1 Å². The highest BCUT2D eigenvalue weighted by Crippen LogP contribution is 2.36.